The minimum absolute atomic E-state index is 0.125. The zero-order valence-electron chi connectivity index (χ0n) is 15.8. The topological polar surface area (TPSA) is 82.7 Å². The number of benzene rings is 1. The van der Waals surface area contributed by atoms with E-state index in [1.807, 2.05) is 18.2 Å². The summed E-state index contributed by atoms with van der Waals surface area (Å²) in [5, 5.41) is 2.83. The van der Waals surface area contributed by atoms with Crippen LogP contribution in [0.15, 0.2) is 63.9 Å². The Morgan fingerprint density at radius 3 is 2.64 bits per heavy atom. The second kappa shape index (κ2) is 8.94. The average molecular weight is 382 g/mol. The van der Waals surface area contributed by atoms with Crippen LogP contribution in [-0.4, -0.2) is 31.2 Å². The highest BCUT2D eigenvalue weighted by Crippen LogP contribution is 2.27. The first-order valence-electron chi connectivity index (χ1n) is 8.84. The molecule has 28 heavy (non-hydrogen) atoms. The van der Waals surface area contributed by atoms with Gasteiger partial charge in [0.2, 0.25) is 0 Å². The number of pyridine rings is 1. The van der Waals surface area contributed by atoms with Gasteiger partial charge in [0.05, 0.1) is 20.8 Å². The van der Waals surface area contributed by atoms with Crippen LogP contribution in [-0.2, 0) is 13.0 Å². The van der Waals surface area contributed by atoms with E-state index in [1.165, 1.54) is 10.6 Å². The lowest BCUT2D eigenvalue weighted by atomic mass is 10.1. The second-order valence-corrected chi connectivity index (χ2v) is 6.13. The number of rotatable bonds is 8. The highest BCUT2D eigenvalue weighted by Gasteiger charge is 2.12. The molecular formula is C21H22N2O5. The Kier molecular flexibility index (Phi) is 6.16. The van der Waals surface area contributed by atoms with Gasteiger partial charge in [0, 0.05) is 18.8 Å². The fourth-order valence-corrected chi connectivity index (χ4v) is 2.79. The first-order valence-corrected chi connectivity index (χ1v) is 8.84. The van der Waals surface area contributed by atoms with Gasteiger partial charge in [-0.3, -0.25) is 9.59 Å². The highest BCUT2D eigenvalue weighted by molar-refractivity contribution is 5.91. The molecule has 0 fully saturated rings. The molecule has 0 saturated heterocycles. The SMILES string of the molecule is COc1ccc(CCNC(=O)c2ccc(Cn3ccccc3=O)o2)cc1OC. The fraction of sp³-hybridized carbons (Fsp3) is 0.238. The van der Waals surface area contributed by atoms with Crippen molar-refractivity contribution in [2.75, 3.05) is 20.8 Å². The fourth-order valence-electron chi connectivity index (χ4n) is 2.79. The van der Waals surface area contributed by atoms with Crippen LogP contribution in [0.25, 0.3) is 0 Å². The first kappa shape index (κ1) is 19.3. The van der Waals surface area contributed by atoms with Crippen molar-refractivity contribution < 1.29 is 18.7 Å². The van der Waals surface area contributed by atoms with Crippen LogP contribution in [0.5, 0.6) is 11.5 Å². The number of hydrogen-bond acceptors (Lipinski definition) is 5. The number of amides is 1. The lowest BCUT2D eigenvalue weighted by molar-refractivity contribution is 0.0924. The van der Waals surface area contributed by atoms with E-state index in [4.69, 9.17) is 13.9 Å². The Hall–Kier alpha value is -3.48. The zero-order valence-corrected chi connectivity index (χ0v) is 15.8. The van der Waals surface area contributed by atoms with Crippen LogP contribution in [0.3, 0.4) is 0 Å². The van der Waals surface area contributed by atoms with Gasteiger partial charge in [-0.15, -0.1) is 0 Å². The molecule has 0 bridgehead atoms. The minimum Gasteiger partial charge on any atom is -0.493 e. The molecule has 7 nitrogen and oxygen atoms in total. The van der Waals surface area contributed by atoms with Crippen molar-refractivity contribution in [1.29, 1.82) is 0 Å². The van der Waals surface area contributed by atoms with Crippen molar-refractivity contribution in [3.8, 4) is 11.5 Å². The standard InChI is InChI=1S/C21H22N2O5/c1-26-17-8-6-15(13-19(17)27-2)10-11-22-21(25)18-9-7-16(28-18)14-23-12-4-3-5-20(23)24/h3-9,12-13H,10-11,14H2,1-2H3,(H,22,25). The van der Waals surface area contributed by atoms with Crippen molar-refractivity contribution in [3.05, 3.63) is 82.2 Å². The molecule has 2 aromatic heterocycles. The smallest absolute Gasteiger partial charge is 0.287 e. The number of nitrogens with zero attached hydrogens (tertiary/aromatic N) is 1. The van der Waals surface area contributed by atoms with Crippen molar-refractivity contribution in [2.24, 2.45) is 0 Å². The van der Waals surface area contributed by atoms with Crippen LogP contribution in [0.1, 0.15) is 21.9 Å². The molecule has 0 aliphatic rings. The number of carbonyl (C=O) groups is 1. The van der Waals surface area contributed by atoms with E-state index in [-0.39, 0.29) is 23.8 Å². The van der Waals surface area contributed by atoms with Gasteiger partial charge < -0.3 is 23.8 Å². The molecule has 0 saturated carbocycles. The normalized spacial score (nSPS) is 10.5. The molecule has 0 aliphatic heterocycles. The summed E-state index contributed by atoms with van der Waals surface area (Å²) in [7, 11) is 3.17. The lowest BCUT2D eigenvalue weighted by Gasteiger charge is -2.09. The largest absolute Gasteiger partial charge is 0.493 e. The number of methoxy groups -OCH3 is 2. The average Bonchev–Trinajstić information content (AvgIpc) is 3.18. The van der Waals surface area contributed by atoms with Gasteiger partial charge in [0.25, 0.3) is 11.5 Å². The molecule has 0 spiro atoms. The Labute approximate surface area is 162 Å². The number of carbonyl (C=O) groups excluding carboxylic acids is 1. The summed E-state index contributed by atoms with van der Waals surface area (Å²) in [4.78, 5) is 24.0. The Morgan fingerprint density at radius 1 is 1.07 bits per heavy atom. The number of furan rings is 1. The van der Waals surface area contributed by atoms with Crippen LogP contribution in [0, 0.1) is 0 Å². The number of aromatic nitrogens is 1. The van der Waals surface area contributed by atoms with E-state index in [0.29, 0.717) is 30.2 Å². The summed E-state index contributed by atoms with van der Waals surface area (Å²) in [6, 6.07) is 13.9. The highest BCUT2D eigenvalue weighted by atomic mass is 16.5. The van der Waals surface area contributed by atoms with E-state index in [2.05, 4.69) is 5.32 Å². The van der Waals surface area contributed by atoms with Crippen LogP contribution in [0.4, 0.5) is 0 Å². The van der Waals surface area contributed by atoms with E-state index >= 15 is 0 Å². The van der Waals surface area contributed by atoms with Gasteiger partial charge >= 0.3 is 0 Å². The Balaban J connectivity index is 1.55. The van der Waals surface area contributed by atoms with E-state index in [9.17, 15) is 9.59 Å². The van der Waals surface area contributed by atoms with Crippen LogP contribution >= 0.6 is 0 Å². The van der Waals surface area contributed by atoms with Crippen molar-refractivity contribution in [2.45, 2.75) is 13.0 Å². The summed E-state index contributed by atoms with van der Waals surface area (Å²) in [6.07, 6.45) is 2.31. The van der Waals surface area contributed by atoms with Crippen LogP contribution in [0.2, 0.25) is 0 Å². The maximum Gasteiger partial charge on any atom is 0.287 e. The maximum absolute atomic E-state index is 12.3. The molecule has 0 atom stereocenters. The molecule has 3 rings (SSSR count). The molecule has 7 heteroatoms. The number of nitrogens with one attached hydrogen (secondary N) is 1. The van der Waals surface area contributed by atoms with Crippen molar-refractivity contribution >= 4 is 5.91 Å². The molecule has 0 radical (unpaired) electrons. The van der Waals surface area contributed by atoms with Gasteiger partial charge in [-0.05, 0) is 42.3 Å². The van der Waals surface area contributed by atoms with Gasteiger partial charge in [-0.1, -0.05) is 12.1 Å². The number of hydrogen-bond donors (Lipinski definition) is 1. The van der Waals surface area contributed by atoms with Gasteiger partial charge in [0.15, 0.2) is 17.3 Å². The van der Waals surface area contributed by atoms with E-state index < -0.39 is 0 Å². The lowest BCUT2D eigenvalue weighted by Crippen LogP contribution is -2.25. The minimum atomic E-state index is -0.299. The second-order valence-electron chi connectivity index (χ2n) is 6.13. The molecule has 2 heterocycles. The maximum atomic E-state index is 12.3. The monoisotopic (exact) mass is 382 g/mol. The third-order valence-corrected chi connectivity index (χ3v) is 4.26. The third-order valence-electron chi connectivity index (χ3n) is 4.26. The third kappa shape index (κ3) is 4.62. The summed E-state index contributed by atoms with van der Waals surface area (Å²) in [5.74, 6) is 1.77. The summed E-state index contributed by atoms with van der Waals surface area (Å²) in [6.45, 7) is 0.723. The van der Waals surface area contributed by atoms with Crippen molar-refractivity contribution in [3.63, 3.8) is 0 Å². The predicted molar refractivity (Wildman–Crippen MR) is 104 cm³/mol. The van der Waals surface area contributed by atoms with Gasteiger partial charge in [-0.2, -0.15) is 0 Å². The van der Waals surface area contributed by atoms with E-state index in [0.717, 1.165) is 5.56 Å². The van der Waals surface area contributed by atoms with Gasteiger partial charge in [0.1, 0.15) is 5.76 Å². The summed E-state index contributed by atoms with van der Waals surface area (Å²) < 4.78 is 17.6. The number of ether oxygens (including phenoxy) is 2. The molecule has 3 aromatic rings. The quantitative estimate of drug-likeness (QED) is 0.647. The molecule has 1 N–H and O–H groups in total. The zero-order chi connectivity index (χ0) is 19.9. The molecule has 0 unspecified atom stereocenters. The predicted octanol–water partition coefficient (Wildman–Crippen LogP) is 2.48. The summed E-state index contributed by atoms with van der Waals surface area (Å²) in [5.41, 5.74) is 0.890. The van der Waals surface area contributed by atoms with Gasteiger partial charge in [-0.25, -0.2) is 0 Å². The molecule has 1 aromatic carbocycles. The molecule has 1 amide bonds. The van der Waals surface area contributed by atoms with Crippen LogP contribution < -0.4 is 20.3 Å². The van der Waals surface area contributed by atoms with Crippen molar-refractivity contribution in [1.82, 2.24) is 9.88 Å². The summed E-state index contributed by atoms with van der Waals surface area (Å²) >= 11 is 0. The Morgan fingerprint density at radius 2 is 1.89 bits per heavy atom. The molecule has 146 valence electrons. The van der Waals surface area contributed by atoms with E-state index in [1.54, 1.807) is 44.7 Å². The first-order chi connectivity index (χ1) is 13.6. The molecular weight excluding hydrogens is 360 g/mol. The Bertz CT molecular complexity index is 1010. The molecule has 0 aliphatic carbocycles.